The summed E-state index contributed by atoms with van der Waals surface area (Å²) in [6, 6.07) is 16.3. The number of urea groups is 1. The number of hydrogen-bond acceptors (Lipinski definition) is 5. The van der Waals surface area contributed by atoms with Gasteiger partial charge in [-0.1, -0.05) is 18.2 Å². The number of para-hydroxylation sites is 1. The van der Waals surface area contributed by atoms with Crippen molar-refractivity contribution in [3.63, 3.8) is 0 Å². The fourth-order valence-electron chi connectivity index (χ4n) is 4.53. The van der Waals surface area contributed by atoms with Crippen LogP contribution in [-0.2, 0) is 0 Å². The second kappa shape index (κ2) is 9.92. The summed E-state index contributed by atoms with van der Waals surface area (Å²) in [5, 5.41) is 3.01. The van der Waals surface area contributed by atoms with Gasteiger partial charge >= 0.3 is 6.03 Å². The molecule has 0 aromatic heterocycles. The Kier molecular flexibility index (Phi) is 6.82. The van der Waals surface area contributed by atoms with Crippen molar-refractivity contribution in [3.05, 3.63) is 48.5 Å². The van der Waals surface area contributed by atoms with Gasteiger partial charge in [0.15, 0.2) is 0 Å². The normalized spacial score (nSPS) is 19.7. The molecule has 0 spiro atoms. The number of carbonyl (C=O) groups excluding carboxylic acids is 1. The van der Waals surface area contributed by atoms with E-state index in [0.717, 1.165) is 52.1 Å². The maximum absolute atomic E-state index is 13.0. The van der Waals surface area contributed by atoms with E-state index in [1.54, 1.807) is 26.4 Å². The van der Waals surface area contributed by atoms with Crippen LogP contribution in [0.3, 0.4) is 0 Å². The van der Waals surface area contributed by atoms with Gasteiger partial charge in [-0.25, -0.2) is 4.79 Å². The number of nitrogens with zero attached hydrogens (tertiary/aromatic N) is 3. The quantitative estimate of drug-likeness (QED) is 0.796. The molecule has 31 heavy (non-hydrogen) atoms. The predicted octanol–water partition coefficient (Wildman–Crippen LogP) is 3.52. The first-order chi connectivity index (χ1) is 15.2. The SMILES string of the molecule is COc1ccc(OC)c(NC(=O)N2CCCC(N3CCN(c4ccccc4)CC3)C2)c1. The second-order valence-corrected chi connectivity index (χ2v) is 8.10. The Bertz CT molecular complexity index is 868. The van der Waals surface area contributed by atoms with Crippen molar-refractivity contribution < 1.29 is 14.3 Å². The summed E-state index contributed by atoms with van der Waals surface area (Å²) < 4.78 is 10.7. The zero-order valence-electron chi connectivity index (χ0n) is 18.4. The van der Waals surface area contributed by atoms with Crippen molar-refractivity contribution >= 4 is 17.4 Å². The van der Waals surface area contributed by atoms with Crippen molar-refractivity contribution in [1.82, 2.24) is 9.80 Å². The Morgan fingerprint density at radius 1 is 0.968 bits per heavy atom. The van der Waals surface area contributed by atoms with Crippen molar-refractivity contribution in [2.75, 3.05) is 63.7 Å². The molecule has 0 aliphatic carbocycles. The van der Waals surface area contributed by atoms with Crippen LogP contribution in [-0.4, -0.2) is 75.4 Å². The van der Waals surface area contributed by atoms with Gasteiger partial charge in [0.1, 0.15) is 11.5 Å². The van der Waals surface area contributed by atoms with Crippen molar-refractivity contribution in [2.45, 2.75) is 18.9 Å². The third-order valence-electron chi connectivity index (χ3n) is 6.28. The van der Waals surface area contributed by atoms with E-state index in [4.69, 9.17) is 9.47 Å². The van der Waals surface area contributed by atoms with Crippen molar-refractivity contribution in [1.29, 1.82) is 0 Å². The van der Waals surface area contributed by atoms with E-state index in [1.165, 1.54) is 5.69 Å². The van der Waals surface area contributed by atoms with Gasteiger partial charge < -0.3 is 24.6 Å². The molecule has 2 aromatic carbocycles. The lowest BCUT2D eigenvalue weighted by Gasteiger charge is -2.43. The minimum absolute atomic E-state index is 0.0841. The Morgan fingerprint density at radius 3 is 2.45 bits per heavy atom. The number of benzene rings is 2. The maximum Gasteiger partial charge on any atom is 0.322 e. The molecule has 2 aliphatic rings. The van der Waals surface area contributed by atoms with Crippen LogP contribution in [0.1, 0.15) is 12.8 Å². The fourth-order valence-corrected chi connectivity index (χ4v) is 4.53. The molecule has 166 valence electrons. The molecular weight excluding hydrogens is 392 g/mol. The Hall–Kier alpha value is -2.93. The number of nitrogens with one attached hydrogen (secondary N) is 1. The van der Waals surface area contributed by atoms with Crippen molar-refractivity contribution in [3.8, 4) is 11.5 Å². The number of amides is 2. The lowest BCUT2D eigenvalue weighted by atomic mass is 10.0. The zero-order chi connectivity index (χ0) is 21.6. The fraction of sp³-hybridized carbons (Fsp3) is 0.458. The summed E-state index contributed by atoms with van der Waals surface area (Å²) in [5.41, 5.74) is 1.92. The van der Waals surface area contributed by atoms with Crippen LogP contribution in [0, 0.1) is 0 Å². The molecule has 4 rings (SSSR count). The minimum Gasteiger partial charge on any atom is -0.497 e. The Morgan fingerprint density at radius 2 is 1.74 bits per heavy atom. The number of methoxy groups -OCH3 is 2. The molecule has 7 heteroatoms. The van der Waals surface area contributed by atoms with Gasteiger partial charge in [-0.05, 0) is 37.1 Å². The maximum atomic E-state index is 13.0. The molecule has 1 N–H and O–H groups in total. The predicted molar refractivity (Wildman–Crippen MR) is 123 cm³/mol. The van der Waals surface area contributed by atoms with Crippen LogP contribution >= 0.6 is 0 Å². The first-order valence-electron chi connectivity index (χ1n) is 11.0. The number of rotatable bonds is 5. The second-order valence-electron chi connectivity index (χ2n) is 8.10. The number of ether oxygens (including phenoxy) is 2. The summed E-state index contributed by atoms with van der Waals surface area (Å²) in [6.07, 6.45) is 2.16. The molecule has 0 bridgehead atoms. The first kappa shape index (κ1) is 21.3. The smallest absolute Gasteiger partial charge is 0.322 e. The summed E-state index contributed by atoms with van der Waals surface area (Å²) in [5.74, 6) is 1.31. The highest BCUT2D eigenvalue weighted by atomic mass is 16.5. The lowest BCUT2D eigenvalue weighted by molar-refractivity contribution is 0.108. The number of anilines is 2. The summed E-state index contributed by atoms with van der Waals surface area (Å²) in [6.45, 7) is 5.63. The lowest BCUT2D eigenvalue weighted by Crippen LogP contribution is -2.56. The van der Waals surface area contributed by atoms with E-state index >= 15 is 0 Å². The molecule has 1 unspecified atom stereocenters. The summed E-state index contributed by atoms with van der Waals surface area (Å²) in [4.78, 5) is 19.9. The van der Waals surface area contributed by atoms with E-state index in [-0.39, 0.29) is 6.03 Å². The Labute approximate surface area is 184 Å². The van der Waals surface area contributed by atoms with Gasteiger partial charge in [0, 0.05) is 57.1 Å². The largest absolute Gasteiger partial charge is 0.497 e. The molecule has 2 aliphatic heterocycles. The summed E-state index contributed by atoms with van der Waals surface area (Å²) in [7, 11) is 3.21. The third kappa shape index (κ3) is 5.05. The van der Waals surface area contributed by atoms with Crippen LogP contribution in [0.2, 0.25) is 0 Å². The minimum atomic E-state index is -0.0841. The highest BCUT2D eigenvalue weighted by Crippen LogP contribution is 2.29. The molecular formula is C24H32N4O3. The number of hydrogen-bond donors (Lipinski definition) is 1. The van der Waals surface area contributed by atoms with Gasteiger partial charge in [0.25, 0.3) is 0 Å². The van der Waals surface area contributed by atoms with Crippen LogP contribution in [0.15, 0.2) is 48.5 Å². The molecule has 2 fully saturated rings. The van der Waals surface area contributed by atoms with E-state index < -0.39 is 0 Å². The number of piperidine rings is 1. The van der Waals surface area contributed by atoms with Gasteiger partial charge in [-0.2, -0.15) is 0 Å². The molecule has 2 saturated heterocycles. The molecule has 2 aromatic rings. The highest BCUT2D eigenvalue weighted by Gasteiger charge is 2.30. The van der Waals surface area contributed by atoms with Gasteiger partial charge in [0.05, 0.1) is 19.9 Å². The topological polar surface area (TPSA) is 57.3 Å². The van der Waals surface area contributed by atoms with Crippen LogP contribution < -0.4 is 19.7 Å². The monoisotopic (exact) mass is 424 g/mol. The van der Waals surface area contributed by atoms with Crippen LogP contribution in [0.25, 0.3) is 0 Å². The van der Waals surface area contributed by atoms with Crippen molar-refractivity contribution in [2.24, 2.45) is 0 Å². The molecule has 1 atom stereocenters. The molecule has 7 nitrogen and oxygen atoms in total. The average molecular weight is 425 g/mol. The number of carbonyl (C=O) groups is 1. The first-order valence-corrected chi connectivity index (χ1v) is 11.0. The highest BCUT2D eigenvalue weighted by molar-refractivity contribution is 5.91. The van der Waals surface area contributed by atoms with Gasteiger partial charge in [0.2, 0.25) is 0 Å². The van der Waals surface area contributed by atoms with Crippen LogP contribution in [0.4, 0.5) is 16.2 Å². The van der Waals surface area contributed by atoms with E-state index in [0.29, 0.717) is 23.2 Å². The molecule has 0 saturated carbocycles. The van der Waals surface area contributed by atoms with E-state index in [2.05, 4.69) is 45.4 Å². The summed E-state index contributed by atoms with van der Waals surface area (Å²) >= 11 is 0. The van der Waals surface area contributed by atoms with E-state index in [9.17, 15) is 4.79 Å². The standard InChI is InChI=1S/C24H32N4O3/c1-30-21-10-11-23(31-2)22(17-21)25-24(29)28-12-6-9-20(18-28)27-15-13-26(14-16-27)19-7-4-3-5-8-19/h3-5,7-8,10-11,17,20H,6,9,12-16,18H2,1-2H3,(H,25,29). The number of piperazine rings is 1. The number of likely N-dealkylation sites (tertiary alicyclic amines) is 1. The van der Waals surface area contributed by atoms with Gasteiger partial charge in [-0.3, -0.25) is 4.90 Å². The zero-order valence-corrected chi connectivity index (χ0v) is 18.4. The molecule has 2 heterocycles. The van der Waals surface area contributed by atoms with Crippen LogP contribution in [0.5, 0.6) is 11.5 Å². The average Bonchev–Trinajstić information content (AvgIpc) is 2.84. The van der Waals surface area contributed by atoms with E-state index in [1.807, 2.05) is 11.0 Å². The Balaban J connectivity index is 1.34. The molecule has 2 amide bonds. The van der Waals surface area contributed by atoms with Gasteiger partial charge in [-0.15, -0.1) is 0 Å². The molecule has 0 radical (unpaired) electrons. The third-order valence-corrected chi connectivity index (χ3v) is 6.28.